The third-order valence-electron chi connectivity index (χ3n) is 3.39. The second kappa shape index (κ2) is 5.37. The molecule has 3 aromatic rings. The van der Waals surface area contributed by atoms with Crippen LogP contribution in [0.25, 0.3) is 22.1 Å². The quantitative estimate of drug-likeness (QED) is 0.651. The van der Waals surface area contributed by atoms with E-state index in [1.807, 2.05) is 61.5 Å². The number of halogens is 1. The molecule has 0 saturated heterocycles. The molecule has 0 fully saturated rings. The maximum atomic E-state index is 12.1. The normalized spacial score (nSPS) is 10.8. The summed E-state index contributed by atoms with van der Waals surface area (Å²) in [6, 6.07) is 15.3. The zero-order chi connectivity index (χ0) is 15.0. The van der Waals surface area contributed by atoms with Gasteiger partial charge in [-0.3, -0.25) is 0 Å². The summed E-state index contributed by atoms with van der Waals surface area (Å²) in [5, 5.41) is 0.899. The zero-order valence-electron chi connectivity index (χ0n) is 11.8. The molecule has 0 aliphatic heterocycles. The van der Waals surface area contributed by atoms with Gasteiger partial charge in [-0.05, 0) is 42.0 Å². The van der Waals surface area contributed by atoms with Gasteiger partial charge in [0.1, 0.15) is 5.58 Å². The molecule has 4 heteroatoms. The van der Waals surface area contributed by atoms with Gasteiger partial charge in [0.05, 0.1) is 5.56 Å². The molecule has 0 atom stereocenters. The van der Waals surface area contributed by atoms with Crippen LogP contribution in [0, 0.1) is 0 Å². The number of hydrogen-bond acceptors (Lipinski definition) is 3. The third-order valence-corrected chi connectivity index (χ3v) is 3.88. The van der Waals surface area contributed by atoms with Gasteiger partial charge in [0.25, 0.3) is 0 Å². The van der Waals surface area contributed by atoms with Crippen LogP contribution < -0.4 is 10.5 Å². The Hall–Kier alpha value is -2.07. The number of benzene rings is 2. The van der Waals surface area contributed by atoms with E-state index in [0.29, 0.717) is 11.1 Å². The van der Waals surface area contributed by atoms with Crippen molar-refractivity contribution in [1.29, 1.82) is 0 Å². The highest BCUT2D eigenvalue weighted by Gasteiger charge is 2.08. The molecule has 0 amide bonds. The van der Waals surface area contributed by atoms with Gasteiger partial charge < -0.3 is 9.32 Å². The van der Waals surface area contributed by atoms with Gasteiger partial charge in [0, 0.05) is 29.6 Å². The lowest BCUT2D eigenvalue weighted by Crippen LogP contribution is -2.08. The minimum atomic E-state index is -0.317. The summed E-state index contributed by atoms with van der Waals surface area (Å²) in [5.74, 6) is 0. The summed E-state index contributed by atoms with van der Waals surface area (Å²) in [6.07, 6.45) is 0. The van der Waals surface area contributed by atoms with E-state index in [0.717, 1.165) is 21.1 Å². The molecule has 21 heavy (non-hydrogen) atoms. The molecule has 0 radical (unpaired) electrons. The topological polar surface area (TPSA) is 33.5 Å². The van der Waals surface area contributed by atoms with E-state index in [-0.39, 0.29) is 5.63 Å². The van der Waals surface area contributed by atoms with Crippen molar-refractivity contribution in [2.75, 3.05) is 19.0 Å². The van der Waals surface area contributed by atoms with Crippen LogP contribution in [-0.4, -0.2) is 14.1 Å². The van der Waals surface area contributed by atoms with E-state index in [1.165, 1.54) is 0 Å². The van der Waals surface area contributed by atoms with Crippen LogP contribution in [0.2, 0.25) is 0 Å². The monoisotopic (exact) mass is 343 g/mol. The summed E-state index contributed by atoms with van der Waals surface area (Å²) in [4.78, 5) is 14.2. The lowest BCUT2D eigenvalue weighted by molar-refractivity contribution is 0.563. The number of hydrogen-bond donors (Lipinski definition) is 0. The fourth-order valence-corrected chi connectivity index (χ4v) is 2.61. The van der Waals surface area contributed by atoms with E-state index in [1.54, 1.807) is 6.07 Å². The van der Waals surface area contributed by atoms with Crippen LogP contribution in [0.3, 0.4) is 0 Å². The predicted molar refractivity (Wildman–Crippen MR) is 89.9 cm³/mol. The van der Waals surface area contributed by atoms with E-state index in [4.69, 9.17) is 4.42 Å². The molecule has 1 heterocycles. The molecule has 3 nitrogen and oxygen atoms in total. The number of nitrogens with zero attached hydrogens (tertiary/aromatic N) is 1. The molecule has 0 spiro atoms. The van der Waals surface area contributed by atoms with Crippen molar-refractivity contribution in [2.24, 2.45) is 0 Å². The first-order chi connectivity index (χ1) is 10.0. The molecule has 2 aromatic carbocycles. The van der Waals surface area contributed by atoms with Crippen molar-refractivity contribution in [3.05, 3.63) is 63.4 Å². The van der Waals surface area contributed by atoms with Crippen molar-refractivity contribution in [1.82, 2.24) is 0 Å². The van der Waals surface area contributed by atoms with Crippen LogP contribution in [0.15, 0.2) is 62.2 Å². The Morgan fingerprint density at radius 1 is 1.00 bits per heavy atom. The Balaban J connectivity index is 2.15. The van der Waals surface area contributed by atoms with Gasteiger partial charge in [-0.1, -0.05) is 28.1 Å². The Labute approximate surface area is 130 Å². The first-order valence-electron chi connectivity index (χ1n) is 6.56. The summed E-state index contributed by atoms with van der Waals surface area (Å²) in [6.45, 7) is 0. The molecule has 0 unspecified atom stereocenters. The van der Waals surface area contributed by atoms with E-state index in [9.17, 15) is 4.79 Å². The number of rotatable bonds is 2. The minimum absolute atomic E-state index is 0.317. The second-order valence-electron chi connectivity index (χ2n) is 5.07. The SMILES string of the molecule is CN(C)c1ccc(-c2cc3cc(Br)ccc3oc2=O)cc1. The Kier molecular flexibility index (Phi) is 3.55. The summed E-state index contributed by atoms with van der Waals surface area (Å²) < 4.78 is 6.35. The smallest absolute Gasteiger partial charge is 0.344 e. The molecule has 0 bridgehead atoms. The maximum absolute atomic E-state index is 12.1. The van der Waals surface area contributed by atoms with Crippen molar-refractivity contribution < 1.29 is 4.42 Å². The summed E-state index contributed by atoms with van der Waals surface area (Å²) in [5.41, 5.74) is 2.80. The summed E-state index contributed by atoms with van der Waals surface area (Å²) >= 11 is 3.43. The van der Waals surface area contributed by atoms with Crippen molar-refractivity contribution in [2.45, 2.75) is 0 Å². The highest BCUT2D eigenvalue weighted by molar-refractivity contribution is 9.10. The molecule has 0 N–H and O–H groups in total. The molecular weight excluding hydrogens is 330 g/mol. The maximum Gasteiger partial charge on any atom is 0.344 e. The molecule has 1 aromatic heterocycles. The Morgan fingerprint density at radius 2 is 1.71 bits per heavy atom. The van der Waals surface area contributed by atoms with E-state index >= 15 is 0 Å². The van der Waals surface area contributed by atoms with Crippen molar-refractivity contribution in [3.63, 3.8) is 0 Å². The van der Waals surface area contributed by atoms with Crippen LogP contribution in [0.1, 0.15) is 0 Å². The second-order valence-corrected chi connectivity index (χ2v) is 5.99. The fourth-order valence-electron chi connectivity index (χ4n) is 2.23. The number of fused-ring (bicyclic) bond motifs is 1. The van der Waals surface area contributed by atoms with Gasteiger partial charge in [-0.15, -0.1) is 0 Å². The molecular formula is C17H14BrNO2. The number of anilines is 1. The van der Waals surface area contributed by atoms with Gasteiger partial charge >= 0.3 is 5.63 Å². The van der Waals surface area contributed by atoms with E-state index in [2.05, 4.69) is 15.9 Å². The zero-order valence-corrected chi connectivity index (χ0v) is 13.3. The van der Waals surface area contributed by atoms with Crippen LogP contribution in [-0.2, 0) is 0 Å². The molecule has 0 aliphatic rings. The molecule has 3 rings (SSSR count). The van der Waals surface area contributed by atoms with Gasteiger partial charge in [-0.2, -0.15) is 0 Å². The molecule has 106 valence electrons. The largest absolute Gasteiger partial charge is 0.422 e. The third kappa shape index (κ3) is 2.72. The van der Waals surface area contributed by atoms with Crippen molar-refractivity contribution >= 4 is 32.6 Å². The Bertz CT molecular complexity index is 851. The van der Waals surface area contributed by atoms with Crippen LogP contribution >= 0.6 is 15.9 Å². The lowest BCUT2D eigenvalue weighted by atomic mass is 10.1. The van der Waals surface area contributed by atoms with E-state index < -0.39 is 0 Å². The first kappa shape index (κ1) is 13.9. The summed E-state index contributed by atoms with van der Waals surface area (Å²) in [7, 11) is 3.97. The van der Waals surface area contributed by atoms with Crippen molar-refractivity contribution in [3.8, 4) is 11.1 Å². The average Bonchev–Trinajstić information content (AvgIpc) is 2.47. The predicted octanol–water partition coefficient (Wildman–Crippen LogP) is 4.29. The van der Waals surface area contributed by atoms with Gasteiger partial charge in [-0.25, -0.2) is 4.79 Å². The molecule has 0 saturated carbocycles. The average molecular weight is 344 g/mol. The minimum Gasteiger partial charge on any atom is -0.422 e. The molecule has 0 aliphatic carbocycles. The van der Waals surface area contributed by atoms with Gasteiger partial charge in [0.15, 0.2) is 0 Å². The first-order valence-corrected chi connectivity index (χ1v) is 7.35. The van der Waals surface area contributed by atoms with Crippen LogP contribution in [0.5, 0.6) is 0 Å². The standard InChI is InChI=1S/C17H14BrNO2/c1-19(2)14-6-3-11(4-7-14)15-10-12-9-13(18)5-8-16(12)21-17(15)20/h3-10H,1-2H3. The van der Waals surface area contributed by atoms with Crippen LogP contribution in [0.4, 0.5) is 5.69 Å². The van der Waals surface area contributed by atoms with Gasteiger partial charge in [0.2, 0.25) is 0 Å². The highest BCUT2D eigenvalue weighted by Crippen LogP contribution is 2.25. The Morgan fingerprint density at radius 3 is 2.38 bits per heavy atom. The lowest BCUT2D eigenvalue weighted by Gasteiger charge is -2.12. The highest BCUT2D eigenvalue weighted by atomic mass is 79.9. The fraction of sp³-hybridized carbons (Fsp3) is 0.118.